The molecule has 1 aliphatic rings. The lowest BCUT2D eigenvalue weighted by Crippen LogP contribution is -2.45. The summed E-state index contributed by atoms with van der Waals surface area (Å²) in [7, 11) is 0. The minimum Gasteiger partial charge on any atom is -0.506 e. The Morgan fingerprint density at radius 1 is 1.41 bits per heavy atom. The molecule has 0 unspecified atom stereocenters. The van der Waals surface area contributed by atoms with Crippen molar-refractivity contribution in [3.05, 3.63) is 39.0 Å². The van der Waals surface area contributed by atoms with Crippen LogP contribution in [0.3, 0.4) is 0 Å². The van der Waals surface area contributed by atoms with Gasteiger partial charge in [0.1, 0.15) is 5.75 Å². The number of phenolic OH excluding ortho intramolecular Hbond substituents is 1. The maximum absolute atomic E-state index is 12.2. The smallest absolute Gasteiger partial charge is 0.338 e. The van der Waals surface area contributed by atoms with Gasteiger partial charge in [0.15, 0.2) is 0 Å². The van der Waals surface area contributed by atoms with Gasteiger partial charge in [-0.15, -0.1) is 0 Å². The third-order valence-electron chi connectivity index (χ3n) is 3.13. The average molecular weight is 345 g/mol. The van der Waals surface area contributed by atoms with Crippen molar-refractivity contribution in [1.82, 2.24) is 10.6 Å². The summed E-state index contributed by atoms with van der Waals surface area (Å²) in [6.07, 6.45) is 0. The van der Waals surface area contributed by atoms with E-state index in [1.807, 2.05) is 0 Å². The monoisotopic (exact) mass is 344 g/mol. The van der Waals surface area contributed by atoms with Gasteiger partial charge in [-0.05, 0) is 26.0 Å². The lowest BCUT2D eigenvalue weighted by molar-refractivity contribution is -0.139. The van der Waals surface area contributed by atoms with Crippen molar-refractivity contribution in [2.75, 3.05) is 6.61 Å². The van der Waals surface area contributed by atoms with E-state index in [9.17, 15) is 14.7 Å². The normalized spacial score (nSPS) is 17.8. The largest absolute Gasteiger partial charge is 0.506 e. The SMILES string of the molecule is CCOC(=O)C1=C(C)NC(=O)N[C@H]1c1cc(Cl)cc(Cl)c1O. The second-order valence-corrected chi connectivity index (χ2v) is 5.46. The summed E-state index contributed by atoms with van der Waals surface area (Å²) in [5.74, 6) is -0.860. The van der Waals surface area contributed by atoms with Crippen molar-refractivity contribution in [3.8, 4) is 5.75 Å². The summed E-state index contributed by atoms with van der Waals surface area (Å²) in [5.41, 5.74) is 0.729. The van der Waals surface area contributed by atoms with E-state index in [4.69, 9.17) is 27.9 Å². The summed E-state index contributed by atoms with van der Waals surface area (Å²) >= 11 is 11.9. The van der Waals surface area contributed by atoms with E-state index in [1.165, 1.54) is 12.1 Å². The maximum Gasteiger partial charge on any atom is 0.338 e. The number of hydrogen-bond acceptors (Lipinski definition) is 4. The van der Waals surface area contributed by atoms with Gasteiger partial charge in [0, 0.05) is 16.3 Å². The summed E-state index contributed by atoms with van der Waals surface area (Å²) in [6.45, 7) is 3.42. The molecule has 3 N–H and O–H groups in total. The number of amides is 2. The second-order valence-electron chi connectivity index (χ2n) is 4.62. The quantitative estimate of drug-likeness (QED) is 0.735. The molecule has 2 amide bonds. The Hall–Kier alpha value is -1.92. The molecule has 1 heterocycles. The number of phenols is 1. The van der Waals surface area contributed by atoms with E-state index in [1.54, 1.807) is 13.8 Å². The van der Waals surface area contributed by atoms with Gasteiger partial charge in [0.05, 0.1) is 23.2 Å². The van der Waals surface area contributed by atoms with Crippen LogP contribution in [0, 0.1) is 0 Å². The zero-order chi connectivity index (χ0) is 16.4. The highest BCUT2D eigenvalue weighted by Crippen LogP contribution is 2.39. The van der Waals surface area contributed by atoms with Gasteiger partial charge in [-0.3, -0.25) is 0 Å². The van der Waals surface area contributed by atoms with Gasteiger partial charge in [-0.1, -0.05) is 23.2 Å². The van der Waals surface area contributed by atoms with E-state index in [2.05, 4.69) is 10.6 Å². The first-order valence-corrected chi connectivity index (χ1v) is 7.24. The molecule has 1 aromatic rings. The number of allylic oxidation sites excluding steroid dienone is 1. The van der Waals surface area contributed by atoms with Crippen LogP contribution in [-0.2, 0) is 9.53 Å². The van der Waals surface area contributed by atoms with Crippen LogP contribution >= 0.6 is 23.2 Å². The molecule has 0 aliphatic carbocycles. The molecular formula is C14H14Cl2N2O4. The van der Waals surface area contributed by atoms with Gasteiger partial charge < -0.3 is 20.5 Å². The van der Waals surface area contributed by atoms with Crippen molar-refractivity contribution >= 4 is 35.2 Å². The van der Waals surface area contributed by atoms with E-state index >= 15 is 0 Å². The molecule has 118 valence electrons. The molecule has 1 aromatic carbocycles. The minimum absolute atomic E-state index is 0.0242. The highest BCUT2D eigenvalue weighted by molar-refractivity contribution is 6.35. The van der Waals surface area contributed by atoms with Crippen molar-refractivity contribution in [2.24, 2.45) is 0 Å². The molecule has 0 fully saturated rings. The highest BCUT2D eigenvalue weighted by Gasteiger charge is 2.34. The molecule has 0 bridgehead atoms. The molecule has 6 nitrogen and oxygen atoms in total. The van der Waals surface area contributed by atoms with E-state index in [0.717, 1.165) is 0 Å². The lowest BCUT2D eigenvalue weighted by atomic mass is 9.95. The first-order valence-electron chi connectivity index (χ1n) is 6.48. The van der Waals surface area contributed by atoms with Crippen LogP contribution < -0.4 is 10.6 Å². The van der Waals surface area contributed by atoms with Crippen LogP contribution in [-0.4, -0.2) is 23.7 Å². The zero-order valence-electron chi connectivity index (χ0n) is 11.9. The number of ether oxygens (including phenoxy) is 1. The fourth-order valence-electron chi connectivity index (χ4n) is 2.21. The summed E-state index contributed by atoms with van der Waals surface area (Å²) in [5, 5.41) is 15.5. The Morgan fingerprint density at radius 2 is 2.09 bits per heavy atom. The number of benzene rings is 1. The first-order chi connectivity index (χ1) is 10.3. The fourth-order valence-corrected chi connectivity index (χ4v) is 2.72. The highest BCUT2D eigenvalue weighted by atomic mass is 35.5. The lowest BCUT2D eigenvalue weighted by Gasteiger charge is -2.28. The zero-order valence-corrected chi connectivity index (χ0v) is 13.4. The topological polar surface area (TPSA) is 87.7 Å². The second kappa shape index (κ2) is 6.46. The Labute approximate surface area is 137 Å². The summed E-state index contributed by atoms with van der Waals surface area (Å²) in [6, 6.07) is 1.38. The number of hydrogen-bond donors (Lipinski definition) is 3. The third kappa shape index (κ3) is 3.13. The predicted octanol–water partition coefficient (Wildman–Crippen LogP) is 2.89. The fraction of sp³-hybridized carbons (Fsp3) is 0.286. The Bertz CT molecular complexity index is 673. The Morgan fingerprint density at radius 3 is 2.73 bits per heavy atom. The number of carbonyl (C=O) groups excluding carboxylic acids is 2. The van der Waals surface area contributed by atoms with Gasteiger partial charge in [-0.25, -0.2) is 9.59 Å². The maximum atomic E-state index is 12.2. The van der Waals surface area contributed by atoms with Crippen LogP contribution in [0.25, 0.3) is 0 Å². The van der Waals surface area contributed by atoms with Crippen LogP contribution in [0.4, 0.5) is 4.79 Å². The molecule has 1 atom stereocenters. The summed E-state index contributed by atoms with van der Waals surface area (Å²) in [4.78, 5) is 23.9. The van der Waals surface area contributed by atoms with Crippen LogP contribution in [0.1, 0.15) is 25.5 Å². The molecule has 8 heteroatoms. The van der Waals surface area contributed by atoms with Crippen molar-refractivity contribution in [3.63, 3.8) is 0 Å². The molecular weight excluding hydrogens is 331 g/mol. The molecule has 0 saturated heterocycles. The minimum atomic E-state index is -0.913. The van der Waals surface area contributed by atoms with Crippen LogP contribution in [0.2, 0.25) is 10.0 Å². The molecule has 2 rings (SSSR count). The Balaban J connectivity index is 2.58. The molecule has 0 radical (unpaired) electrons. The Kier molecular flexibility index (Phi) is 4.83. The van der Waals surface area contributed by atoms with Gasteiger partial charge in [0.2, 0.25) is 0 Å². The predicted molar refractivity (Wildman–Crippen MR) is 81.9 cm³/mol. The number of urea groups is 1. The first kappa shape index (κ1) is 16.5. The molecule has 0 saturated carbocycles. The average Bonchev–Trinajstić information content (AvgIpc) is 2.42. The van der Waals surface area contributed by atoms with Gasteiger partial charge >= 0.3 is 12.0 Å². The number of halogens is 2. The van der Waals surface area contributed by atoms with E-state index in [-0.39, 0.29) is 33.5 Å². The molecule has 1 aliphatic heterocycles. The third-order valence-corrected chi connectivity index (χ3v) is 3.64. The van der Waals surface area contributed by atoms with E-state index < -0.39 is 18.0 Å². The molecule has 22 heavy (non-hydrogen) atoms. The number of carbonyl (C=O) groups is 2. The van der Waals surface area contributed by atoms with E-state index in [0.29, 0.717) is 5.70 Å². The standard InChI is InChI=1S/C14H14Cl2N2O4/c1-3-22-13(20)10-6(2)17-14(21)18-11(10)8-4-7(15)5-9(16)12(8)19/h4-5,11,19H,3H2,1-2H3,(H2,17,18,21)/t11-/m0/s1. The van der Waals surface area contributed by atoms with Crippen molar-refractivity contribution < 1.29 is 19.4 Å². The number of rotatable bonds is 3. The number of nitrogens with one attached hydrogen (secondary N) is 2. The molecule has 0 aromatic heterocycles. The number of aromatic hydroxyl groups is 1. The summed E-state index contributed by atoms with van der Waals surface area (Å²) < 4.78 is 5.00. The van der Waals surface area contributed by atoms with Gasteiger partial charge in [-0.2, -0.15) is 0 Å². The van der Waals surface area contributed by atoms with Gasteiger partial charge in [0.25, 0.3) is 0 Å². The molecule has 0 spiro atoms. The van der Waals surface area contributed by atoms with Crippen LogP contribution in [0.5, 0.6) is 5.75 Å². The van der Waals surface area contributed by atoms with Crippen molar-refractivity contribution in [1.29, 1.82) is 0 Å². The van der Waals surface area contributed by atoms with Crippen molar-refractivity contribution in [2.45, 2.75) is 19.9 Å². The van der Waals surface area contributed by atoms with Crippen LogP contribution in [0.15, 0.2) is 23.4 Å². The number of esters is 1.